The molecule has 1 fully saturated rings. The Kier molecular flexibility index (Phi) is 4.34. The van der Waals surface area contributed by atoms with E-state index in [-0.39, 0.29) is 17.9 Å². The Morgan fingerprint density at radius 1 is 1.41 bits per heavy atom. The molecule has 0 saturated carbocycles. The van der Waals surface area contributed by atoms with Crippen LogP contribution in [-0.2, 0) is 4.74 Å². The zero-order valence-electron chi connectivity index (χ0n) is 12.2. The van der Waals surface area contributed by atoms with Crippen molar-refractivity contribution >= 4 is 5.91 Å². The lowest BCUT2D eigenvalue weighted by Gasteiger charge is -2.08. The molecule has 3 rings (SSSR count). The summed E-state index contributed by atoms with van der Waals surface area (Å²) in [5, 5.41) is 10.4. The molecule has 2 aromatic rings. The first-order valence-electron chi connectivity index (χ1n) is 7.14. The molecule has 1 N–H and O–H groups in total. The van der Waals surface area contributed by atoms with Crippen molar-refractivity contribution in [3.63, 3.8) is 0 Å². The third-order valence-electron chi connectivity index (χ3n) is 3.47. The lowest BCUT2D eigenvalue weighted by Crippen LogP contribution is -2.31. The minimum Gasteiger partial charge on any atom is -0.496 e. The summed E-state index contributed by atoms with van der Waals surface area (Å²) >= 11 is 0. The highest BCUT2D eigenvalue weighted by Crippen LogP contribution is 2.28. The van der Waals surface area contributed by atoms with Crippen molar-refractivity contribution in [3.05, 3.63) is 30.2 Å². The maximum atomic E-state index is 12.0. The minimum atomic E-state index is -0.399. The van der Waals surface area contributed by atoms with Crippen LogP contribution < -0.4 is 10.1 Å². The van der Waals surface area contributed by atoms with Crippen LogP contribution in [-0.4, -0.2) is 42.5 Å². The summed E-state index contributed by atoms with van der Waals surface area (Å²) < 4.78 is 16.1. The number of hydrogen-bond acceptors (Lipinski definition) is 6. The topological polar surface area (TPSA) is 86.5 Å². The van der Waals surface area contributed by atoms with E-state index in [9.17, 15) is 4.79 Å². The molecular weight excluding hydrogens is 286 g/mol. The van der Waals surface area contributed by atoms with E-state index in [2.05, 4.69) is 15.5 Å². The van der Waals surface area contributed by atoms with Crippen molar-refractivity contribution in [3.8, 4) is 17.2 Å². The molecule has 1 unspecified atom stereocenters. The predicted octanol–water partition coefficient (Wildman–Crippen LogP) is 1.65. The molecule has 22 heavy (non-hydrogen) atoms. The smallest absolute Gasteiger partial charge is 0.308 e. The molecule has 7 heteroatoms. The third-order valence-corrected chi connectivity index (χ3v) is 3.47. The molecular formula is C15H17N3O4. The second-order valence-corrected chi connectivity index (χ2v) is 4.96. The van der Waals surface area contributed by atoms with E-state index in [0.29, 0.717) is 17.9 Å². The Hall–Kier alpha value is -2.41. The number of amides is 1. The van der Waals surface area contributed by atoms with Crippen LogP contribution in [0.3, 0.4) is 0 Å². The molecule has 1 aromatic heterocycles. The highest BCUT2D eigenvalue weighted by atomic mass is 16.5. The summed E-state index contributed by atoms with van der Waals surface area (Å²) in [4.78, 5) is 12.0. The number of carbonyl (C=O) groups is 1. The maximum Gasteiger partial charge on any atom is 0.308 e. The van der Waals surface area contributed by atoms with E-state index < -0.39 is 5.91 Å². The first-order valence-corrected chi connectivity index (χ1v) is 7.14. The zero-order chi connectivity index (χ0) is 15.4. The lowest BCUT2D eigenvalue weighted by molar-refractivity contribution is 0.0830. The molecule has 0 radical (unpaired) electrons. The summed E-state index contributed by atoms with van der Waals surface area (Å²) in [6, 6.07) is 7.25. The molecule has 0 aliphatic carbocycles. The summed E-state index contributed by atoms with van der Waals surface area (Å²) in [5.41, 5.74) is 0.649. The summed E-state index contributed by atoms with van der Waals surface area (Å²) in [7, 11) is 1.56. The number of methoxy groups -OCH3 is 1. The van der Waals surface area contributed by atoms with Crippen LogP contribution in [0, 0.1) is 0 Å². The van der Waals surface area contributed by atoms with Crippen molar-refractivity contribution in [1.82, 2.24) is 15.5 Å². The molecule has 116 valence electrons. The number of rotatable bonds is 5. The van der Waals surface area contributed by atoms with Gasteiger partial charge in [0.2, 0.25) is 0 Å². The van der Waals surface area contributed by atoms with Crippen molar-refractivity contribution in [2.45, 2.75) is 18.9 Å². The van der Waals surface area contributed by atoms with Gasteiger partial charge in [0.1, 0.15) is 5.75 Å². The Labute approximate surface area is 127 Å². The van der Waals surface area contributed by atoms with Gasteiger partial charge in [-0.1, -0.05) is 12.1 Å². The van der Waals surface area contributed by atoms with E-state index in [1.54, 1.807) is 19.2 Å². The number of nitrogens with one attached hydrogen (secondary N) is 1. The summed E-state index contributed by atoms with van der Waals surface area (Å²) in [6.45, 7) is 1.20. The van der Waals surface area contributed by atoms with Gasteiger partial charge in [-0.15, -0.1) is 10.2 Å². The fourth-order valence-corrected chi connectivity index (χ4v) is 2.33. The van der Waals surface area contributed by atoms with Crippen LogP contribution in [0.1, 0.15) is 23.5 Å². The van der Waals surface area contributed by atoms with Crippen LogP contribution in [0.2, 0.25) is 0 Å². The van der Waals surface area contributed by atoms with E-state index in [4.69, 9.17) is 13.9 Å². The largest absolute Gasteiger partial charge is 0.496 e. The monoisotopic (exact) mass is 303 g/mol. The first kappa shape index (κ1) is 14.5. The van der Waals surface area contributed by atoms with Crippen molar-refractivity contribution in [2.75, 3.05) is 20.3 Å². The minimum absolute atomic E-state index is 0.0700. The van der Waals surface area contributed by atoms with Gasteiger partial charge in [0, 0.05) is 13.2 Å². The van der Waals surface area contributed by atoms with E-state index in [1.807, 2.05) is 12.1 Å². The SMILES string of the molecule is COc1ccccc1-c1nnc(C(=O)NCC2CCCO2)o1. The van der Waals surface area contributed by atoms with Gasteiger partial charge in [0.15, 0.2) is 0 Å². The molecule has 1 aliphatic heterocycles. The number of aromatic nitrogens is 2. The fourth-order valence-electron chi connectivity index (χ4n) is 2.33. The van der Waals surface area contributed by atoms with Gasteiger partial charge in [-0.2, -0.15) is 0 Å². The van der Waals surface area contributed by atoms with Crippen molar-refractivity contribution < 1.29 is 18.7 Å². The Morgan fingerprint density at radius 3 is 3.05 bits per heavy atom. The molecule has 1 atom stereocenters. The average Bonchev–Trinajstić information content (AvgIpc) is 3.24. The Bertz CT molecular complexity index is 650. The lowest BCUT2D eigenvalue weighted by atomic mass is 10.2. The molecule has 1 saturated heterocycles. The van der Waals surface area contributed by atoms with Crippen LogP contribution >= 0.6 is 0 Å². The normalized spacial score (nSPS) is 17.4. The third kappa shape index (κ3) is 3.09. The van der Waals surface area contributed by atoms with Gasteiger partial charge in [0.05, 0.1) is 18.8 Å². The summed E-state index contributed by atoms with van der Waals surface area (Å²) in [5.74, 6) is 0.389. The Morgan fingerprint density at radius 2 is 2.27 bits per heavy atom. The van der Waals surface area contributed by atoms with Gasteiger partial charge >= 0.3 is 11.8 Å². The van der Waals surface area contributed by atoms with Crippen LogP contribution in [0.4, 0.5) is 0 Å². The fraction of sp³-hybridized carbons (Fsp3) is 0.400. The zero-order valence-corrected chi connectivity index (χ0v) is 12.2. The van der Waals surface area contributed by atoms with E-state index >= 15 is 0 Å². The molecule has 1 aliphatic rings. The van der Waals surface area contributed by atoms with Gasteiger partial charge < -0.3 is 19.2 Å². The van der Waals surface area contributed by atoms with Gasteiger partial charge in [0.25, 0.3) is 5.89 Å². The molecule has 7 nitrogen and oxygen atoms in total. The van der Waals surface area contributed by atoms with Crippen LogP contribution in [0.15, 0.2) is 28.7 Å². The van der Waals surface area contributed by atoms with Crippen molar-refractivity contribution in [1.29, 1.82) is 0 Å². The molecule has 1 aromatic carbocycles. The van der Waals surface area contributed by atoms with Crippen molar-refractivity contribution in [2.24, 2.45) is 0 Å². The van der Waals surface area contributed by atoms with Gasteiger partial charge in [-0.25, -0.2) is 0 Å². The number of carbonyl (C=O) groups excluding carboxylic acids is 1. The van der Waals surface area contributed by atoms with E-state index in [0.717, 1.165) is 19.4 Å². The average molecular weight is 303 g/mol. The quantitative estimate of drug-likeness (QED) is 0.904. The number of hydrogen-bond donors (Lipinski definition) is 1. The molecule has 0 spiro atoms. The highest BCUT2D eigenvalue weighted by molar-refractivity contribution is 5.89. The maximum absolute atomic E-state index is 12.0. The second-order valence-electron chi connectivity index (χ2n) is 4.96. The first-order chi connectivity index (χ1) is 10.8. The van der Waals surface area contributed by atoms with E-state index in [1.165, 1.54) is 0 Å². The second kappa shape index (κ2) is 6.57. The van der Waals surface area contributed by atoms with Gasteiger partial charge in [-0.3, -0.25) is 4.79 Å². The highest BCUT2D eigenvalue weighted by Gasteiger charge is 2.20. The molecule has 2 heterocycles. The number of para-hydroxylation sites is 1. The van der Waals surface area contributed by atoms with Crippen LogP contribution in [0.25, 0.3) is 11.5 Å². The number of benzene rings is 1. The standard InChI is InChI=1S/C15H17N3O4/c1-20-12-7-3-2-6-11(12)14-17-18-15(22-14)13(19)16-9-10-5-4-8-21-10/h2-3,6-7,10H,4-5,8-9H2,1H3,(H,16,19). The predicted molar refractivity (Wildman–Crippen MR) is 77.6 cm³/mol. The number of ether oxygens (including phenoxy) is 2. The molecule has 0 bridgehead atoms. The Balaban J connectivity index is 1.68. The molecule has 1 amide bonds. The van der Waals surface area contributed by atoms with Gasteiger partial charge in [-0.05, 0) is 25.0 Å². The number of nitrogens with zero attached hydrogens (tertiary/aromatic N) is 2. The summed E-state index contributed by atoms with van der Waals surface area (Å²) in [6.07, 6.45) is 2.05. The van der Waals surface area contributed by atoms with Crippen LogP contribution in [0.5, 0.6) is 5.75 Å².